The molecule has 3 rings (SSSR count). The minimum Gasteiger partial charge on any atom is -0.497 e. The van der Waals surface area contributed by atoms with Crippen molar-refractivity contribution in [2.75, 3.05) is 39.2 Å². The molecule has 1 heterocycles. The van der Waals surface area contributed by atoms with Gasteiger partial charge in [-0.15, -0.1) is 12.4 Å². The van der Waals surface area contributed by atoms with Crippen molar-refractivity contribution in [3.63, 3.8) is 0 Å². The SMILES string of the molecule is COc1ccc(C(=O)N(CCCN(C)C)c2nc3c(Cl)cccc3s2)cc1.Cl. The Morgan fingerprint density at radius 2 is 1.86 bits per heavy atom. The number of carbonyl (C=O) groups excluding carboxylic acids is 1. The molecule has 150 valence electrons. The first-order chi connectivity index (χ1) is 13.0. The predicted molar refractivity (Wildman–Crippen MR) is 120 cm³/mol. The molecule has 0 spiro atoms. The van der Waals surface area contributed by atoms with E-state index in [9.17, 15) is 4.79 Å². The highest BCUT2D eigenvalue weighted by Crippen LogP contribution is 2.33. The van der Waals surface area contributed by atoms with Crippen LogP contribution in [0, 0.1) is 0 Å². The van der Waals surface area contributed by atoms with E-state index in [1.807, 2.05) is 32.3 Å². The van der Waals surface area contributed by atoms with Gasteiger partial charge in [-0.05, 0) is 63.5 Å². The molecule has 1 amide bonds. The van der Waals surface area contributed by atoms with E-state index in [0.717, 1.165) is 28.9 Å². The highest BCUT2D eigenvalue weighted by molar-refractivity contribution is 7.22. The summed E-state index contributed by atoms with van der Waals surface area (Å²) in [7, 11) is 5.65. The maximum atomic E-state index is 13.2. The van der Waals surface area contributed by atoms with Gasteiger partial charge in [0.15, 0.2) is 5.13 Å². The van der Waals surface area contributed by atoms with E-state index in [2.05, 4.69) is 9.88 Å². The first kappa shape index (κ1) is 22.4. The fourth-order valence-electron chi connectivity index (χ4n) is 2.74. The van der Waals surface area contributed by atoms with Gasteiger partial charge in [0, 0.05) is 12.1 Å². The van der Waals surface area contributed by atoms with E-state index in [-0.39, 0.29) is 18.3 Å². The topological polar surface area (TPSA) is 45.7 Å². The summed E-state index contributed by atoms with van der Waals surface area (Å²) >= 11 is 7.75. The summed E-state index contributed by atoms with van der Waals surface area (Å²) in [4.78, 5) is 21.7. The molecule has 8 heteroatoms. The van der Waals surface area contributed by atoms with Gasteiger partial charge in [-0.25, -0.2) is 4.98 Å². The van der Waals surface area contributed by atoms with Crippen LogP contribution >= 0.6 is 35.3 Å². The van der Waals surface area contributed by atoms with Crippen LogP contribution in [0.5, 0.6) is 5.75 Å². The average Bonchev–Trinajstić information content (AvgIpc) is 3.10. The second-order valence-corrected chi connectivity index (χ2v) is 7.84. The van der Waals surface area contributed by atoms with Crippen LogP contribution in [-0.4, -0.2) is 50.1 Å². The maximum Gasteiger partial charge on any atom is 0.260 e. The molecular formula is C20H23Cl2N3O2S. The van der Waals surface area contributed by atoms with Crippen LogP contribution in [0.1, 0.15) is 16.8 Å². The fraction of sp³-hybridized carbons (Fsp3) is 0.300. The van der Waals surface area contributed by atoms with Crippen LogP contribution in [0.3, 0.4) is 0 Å². The molecule has 0 atom stereocenters. The molecule has 0 aliphatic carbocycles. The second-order valence-electron chi connectivity index (χ2n) is 6.43. The Morgan fingerprint density at radius 1 is 1.14 bits per heavy atom. The summed E-state index contributed by atoms with van der Waals surface area (Å²) in [6, 6.07) is 12.8. The number of amides is 1. The largest absolute Gasteiger partial charge is 0.497 e. The molecular weight excluding hydrogens is 417 g/mol. The van der Waals surface area contributed by atoms with Crippen LogP contribution in [0.4, 0.5) is 5.13 Å². The van der Waals surface area contributed by atoms with Crippen molar-refractivity contribution < 1.29 is 9.53 Å². The van der Waals surface area contributed by atoms with Gasteiger partial charge >= 0.3 is 0 Å². The molecule has 0 aliphatic heterocycles. The Balaban J connectivity index is 0.00000280. The minimum absolute atomic E-state index is 0. The van der Waals surface area contributed by atoms with Crippen molar-refractivity contribution in [3.05, 3.63) is 53.1 Å². The Labute approximate surface area is 180 Å². The van der Waals surface area contributed by atoms with Crippen molar-refractivity contribution in [1.82, 2.24) is 9.88 Å². The van der Waals surface area contributed by atoms with E-state index in [4.69, 9.17) is 16.3 Å². The van der Waals surface area contributed by atoms with Crippen LogP contribution in [0.15, 0.2) is 42.5 Å². The number of rotatable bonds is 7. The van der Waals surface area contributed by atoms with Gasteiger partial charge in [0.25, 0.3) is 5.91 Å². The van der Waals surface area contributed by atoms with Crippen molar-refractivity contribution in [1.29, 1.82) is 0 Å². The number of benzene rings is 2. The highest BCUT2D eigenvalue weighted by Gasteiger charge is 2.21. The Morgan fingerprint density at radius 3 is 2.46 bits per heavy atom. The molecule has 0 bridgehead atoms. The lowest BCUT2D eigenvalue weighted by atomic mass is 10.2. The normalized spacial score (nSPS) is 10.8. The summed E-state index contributed by atoms with van der Waals surface area (Å²) in [5.74, 6) is 0.643. The lowest BCUT2D eigenvalue weighted by Crippen LogP contribution is -2.33. The summed E-state index contributed by atoms with van der Waals surface area (Å²) in [6.45, 7) is 1.47. The van der Waals surface area contributed by atoms with E-state index in [1.54, 1.807) is 36.3 Å². The van der Waals surface area contributed by atoms with Crippen LogP contribution in [-0.2, 0) is 0 Å². The predicted octanol–water partition coefficient (Wildman–Crippen LogP) is 4.98. The molecule has 0 aliphatic rings. The number of nitrogens with zero attached hydrogens (tertiary/aromatic N) is 3. The fourth-order valence-corrected chi connectivity index (χ4v) is 4.03. The molecule has 3 aromatic rings. The Kier molecular flexibility index (Phi) is 8.07. The number of carbonyl (C=O) groups is 1. The maximum absolute atomic E-state index is 13.2. The summed E-state index contributed by atoms with van der Waals surface area (Å²) in [6.07, 6.45) is 0.846. The number of anilines is 1. The molecule has 0 saturated heterocycles. The molecule has 0 fully saturated rings. The van der Waals surface area contributed by atoms with Gasteiger partial charge in [0.05, 0.1) is 16.8 Å². The zero-order chi connectivity index (χ0) is 19.4. The zero-order valence-corrected chi connectivity index (χ0v) is 18.4. The molecule has 1 aromatic heterocycles. The lowest BCUT2D eigenvalue weighted by molar-refractivity contribution is 0.0986. The summed E-state index contributed by atoms with van der Waals surface area (Å²) < 4.78 is 6.15. The third-order valence-electron chi connectivity index (χ3n) is 4.16. The molecule has 0 radical (unpaired) electrons. The molecule has 5 nitrogen and oxygen atoms in total. The summed E-state index contributed by atoms with van der Waals surface area (Å²) in [5.41, 5.74) is 1.34. The number of thiazole rings is 1. The third-order valence-corrected chi connectivity index (χ3v) is 5.51. The average molecular weight is 440 g/mol. The van der Waals surface area contributed by atoms with Gasteiger partial charge in [-0.1, -0.05) is 29.0 Å². The number of fused-ring (bicyclic) bond motifs is 1. The highest BCUT2D eigenvalue weighted by atomic mass is 35.5. The van der Waals surface area contributed by atoms with Gasteiger partial charge < -0.3 is 9.64 Å². The van der Waals surface area contributed by atoms with Crippen LogP contribution < -0.4 is 9.64 Å². The smallest absolute Gasteiger partial charge is 0.260 e. The first-order valence-electron chi connectivity index (χ1n) is 8.65. The standard InChI is InChI=1S/C20H22ClN3O2S.ClH/c1-23(2)12-5-13-24(19(25)14-8-10-15(26-3)11-9-14)20-22-18-16(21)6-4-7-17(18)27-20;/h4,6-11H,5,12-13H2,1-3H3;1H. The van der Waals surface area contributed by atoms with Crippen molar-refractivity contribution in [2.45, 2.75) is 6.42 Å². The first-order valence-corrected chi connectivity index (χ1v) is 9.84. The van der Waals surface area contributed by atoms with Gasteiger partial charge in [-0.2, -0.15) is 0 Å². The van der Waals surface area contributed by atoms with E-state index in [1.165, 1.54) is 11.3 Å². The number of methoxy groups -OCH3 is 1. The monoisotopic (exact) mass is 439 g/mol. The minimum atomic E-state index is -0.0772. The zero-order valence-electron chi connectivity index (χ0n) is 16.0. The molecule has 0 unspecified atom stereocenters. The quantitative estimate of drug-likeness (QED) is 0.520. The lowest BCUT2D eigenvalue weighted by Gasteiger charge is -2.21. The Hall–Kier alpha value is -1.86. The van der Waals surface area contributed by atoms with E-state index >= 15 is 0 Å². The van der Waals surface area contributed by atoms with E-state index < -0.39 is 0 Å². The Bertz CT molecular complexity index is 929. The van der Waals surface area contributed by atoms with Crippen LogP contribution in [0.2, 0.25) is 5.02 Å². The number of para-hydroxylation sites is 1. The number of aromatic nitrogens is 1. The van der Waals surface area contributed by atoms with Crippen molar-refractivity contribution >= 4 is 56.6 Å². The number of hydrogen-bond donors (Lipinski definition) is 0. The van der Waals surface area contributed by atoms with Crippen molar-refractivity contribution in [3.8, 4) is 5.75 Å². The molecule has 28 heavy (non-hydrogen) atoms. The molecule has 2 aromatic carbocycles. The number of hydrogen-bond acceptors (Lipinski definition) is 5. The number of halogens is 2. The summed E-state index contributed by atoms with van der Waals surface area (Å²) in [5, 5.41) is 1.26. The third kappa shape index (κ3) is 5.14. The van der Waals surface area contributed by atoms with Gasteiger partial charge in [-0.3, -0.25) is 9.69 Å². The van der Waals surface area contributed by atoms with Gasteiger partial charge in [0.1, 0.15) is 11.3 Å². The number of ether oxygens (including phenoxy) is 1. The van der Waals surface area contributed by atoms with E-state index in [0.29, 0.717) is 22.3 Å². The van der Waals surface area contributed by atoms with Crippen LogP contribution in [0.25, 0.3) is 10.2 Å². The molecule has 0 N–H and O–H groups in total. The molecule has 0 saturated carbocycles. The van der Waals surface area contributed by atoms with Gasteiger partial charge in [0.2, 0.25) is 0 Å². The second kappa shape index (κ2) is 10.1. The van der Waals surface area contributed by atoms with Crippen molar-refractivity contribution in [2.24, 2.45) is 0 Å².